The van der Waals surface area contributed by atoms with Gasteiger partial charge in [0.05, 0.1) is 22.7 Å². The van der Waals surface area contributed by atoms with Gasteiger partial charge in [0.2, 0.25) is 5.91 Å². The van der Waals surface area contributed by atoms with Crippen molar-refractivity contribution in [1.29, 1.82) is 0 Å². The van der Waals surface area contributed by atoms with E-state index in [-0.39, 0.29) is 23.3 Å². The molecule has 0 saturated carbocycles. The molecule has 6 nitrogen and oxygen atoms in total. The second-order valence-corrected chi connectivity index (χ2v) is 10.1. The van der Waals surface area contributed by atoms with Gasteiger partial charge in [0.25, 0.3) is 5.56 Å². The first kappa shape index (κ1) is 24.7. The van der Waals surface area contributed by atoms with Crippen LogP contribution < -0.4 is 10.9 Å². The highest BCUT2D eigenvalue weighted by molar-refractivity contribution is 7.99. The molecule has 4 aromatic rings. The van der Waals surface area contributed by atoms with Crippen LogP contribution in [0, 0.1) is 12.8 Å². The molecule has 0 bridgehead atoms. The zero-order valence-corrected chi connectivity index (χ0v) is 21.3. The van der Waals surface area contributed by atoms with Gasteiger partial charge in [-0.05, 0) is 61.1 Å². The summed E-state index contributed by atoms with van der Waals surface area (Å²) < 4.78 is 1.51. The van der Waals surface area contributed by atoms with Crippen LogP contribution in [-0.4, -0.2) is 26.2 Å². The molecule has 0 radical (unpaired) electrons. The van der Waals surface area contributed by atoms with Gasteiger partial charge in [-0.25, -0.2) is 14.5 Å². The predicted molar refractivity (Wildman–Crippen MR) is 142 cm³/mol. The van der Waals surface area contributed by atoms with Crippen molar-refractivity contribution in [1.82, 2.24) is 19.9 Å². The minimum Gasteiger partial charge on any atom is -0.349 e. The number of amides is 1. The number of pyridine rings is 1. The largest absolute Gasteiger partial charge is 0.349 e. The van der Waals surface area contributed by atoms with Crippen molar-refractivity contribution in [2.75, 3.05) is 5.75 Å². The lowest BCUT2D eigenvalue weighted by molar-refractivity contribution is -0.119. The van der Waals surface area contributed by atoms with Gasteiger partial charge < -0.3 is 5.32 Å². The number of nitrogens with zero attached hydrogens (tertiary/aromatic N) is 3. The van der Waals surface area contributed by atoms with Crippen LogP contribution in [0.5, 0.6) is 0 Å². The molecule has 2 aromatic carbocycles. The van der Waals surface area contributed by atoms with E-state index in [2.05, 4.69) is 48.4 Å². The summed E-state index contributed by atoms with van der Waals surface area (Å²) in [6.07, 6.45) is 2.69. The summed E-state index contributed by atoms with van der Waals surface area (Å²) in [4.78, 5) is 35.3. The van der Waals surface area contributed by atoms with Crippen LogP contribution in [0.25, 0.3) is 16.7 Å². The maximum atomic E-state index is 13.4. The average molecular weight is 487 g/mol. The Labute approximate surface area is 209 Å². The predicted octanol–water partition coefficient (Wildman–Crippen LogP) is 5.26. The van der Waals surface area contributed by atoms with E-state index in [0.29, 0.717) is 27.8 Å². The van der Waals surface area contributed by atoms with Crippen LogP contribution in [0.1, 0.15) is 43.5 Å². The zero-order chi connectivity index (χ0) is 24.9. The fraction of sp³-hybridized carbons (Fsp3) is 0.286. The molecule has 1 atom stereocenters. The van der Waals surface area contributed by atoms with Crippen LogP contribution in [0.4, 0.5) is 0 Å². The fourth-order valence-corrected chi connectivity index (χ4v) is 4.82. The minimum absolute atomic E-state index is 0.124. The highest BCUT2D eigenvalue weighted by Crippen LogP contribution is 2.22. The van der Waals surface area contributed by atoms with E-state index in [9.17, 15) is 9.59 Å². The van der Waals surface area contributed by atoms with Gasteiger partial charge >= 0.3 is 0 Å². The van der Waals surface area contributed by atoms with Crippen molar-refractivity contribution in [2.45, 2.75) is 45.3 Å². The summed E-state index contributed by atoms with van der Waals surface area (Å²) >= 11 is 1.23. The zero-order valence-electron chi connectivity index (χ0n) is 20.5. The Bertz CT molecular complexity index is 1400. The first-order chi connectivity index (χ1) is 16.8. The van der Waals surface area contributed by atoms with E-state index in [0.717, 1.165) is 17.5 Å². The van der Waals surface area contributed by atoms with Crippen LogP contribution in [0.3, 0.4) is 0 Å². The lowest BCUT2D eigenvalue weighted by Gasteiger charge is -2.16. The van der Waals surface area contributed by atoms with Crippen LogP contribution >= 0.6 is 11.8 Å². The number of aryl methyl sites for hydroxylation is 1. The van der Waals surface area contributed by atoms with E-state index in [1.54, 1.807) is 12.3 Å². The van der Waals surface area contributed by atoms with E-state index < -0.39 is 0 Å². The first-order valence-corrected chi connectivity index (χ1v) is 12.8. The summed E-state index contributed by atoms with van der Waals surface area (Å²) in [5.74, 6) is 1.13. The molecule has 1 amide bonds. The van der Waals surface area contributed by atoms with Gasteiger partial charge in [-0.15, -0.1) is 0 Å². The monoisotopic (exact) mass is 486 g/mol. The number of thioether (sulfide) groups is 1. The molecule has 180 valence electrons. The number of benzene rings is 2. The van der Waals surface area contributed by atoms with Gasteiger partial charge in [-0.3, -0.25) is 9.59 Å². The summed E-state index contributed by atoms with van der Waals surface area (Å²) in [6.45, 7) is 8.28. The molecule has 0 fully saturated rings. The number of rotatable bonds is 8. The molecule has 0 spiro atoms. The van der Waals surface area contributed by atoms with Gasteiger partial charge in [-0.1, -0.05) is 68.1 Å². The highest BCUT2D eigenvalue weighted by Gasteiger charge is 2.17. The molecule has 0 aliphatic heterocycles. The summed E-state index contributed by atoms with van der Waals surface area (Å²) in [7, 11) is 0. The van der Waals surface area contributed by atoms with E-state index >= 15 is 0 Å². The maximum Gasteiger partial charge on any atom is 0.267 e. The number of hydrogen-bond acceptors (Lipinski definition) is 5. The molecule has 1 unspecified atom stereocenters. The number of carbonyl (C=O) groups excluding carboxylic acids is 1. The van der Waals surface area contributed by atoms with Crippen molar-refractivity contribution in [3.05, 3.63) is 93.9 Å². The first-order valence-electron chi connectivity index (χ1n) is 11.8. The molecular formula is C28H30N4O2S. The molecule has 1 N–H and O–H groups in total. The van der Waals surface area contributed by atoms with Gasteiger partial charge in [-0.2, -0.15) is 0 Å². The molecule has 35 heavy (non-hydrogen) atoms. The Morgan fingerprint density at radius 1 is 1.03 bits per heavy atom. The summed E-state index contributed by atoms with van der Waals surface area (Å²) in [5.41, 5.74) is 3.60. The molecule has 0 aliphatic rings. The Balaban J connectivity index is 1.53. The van der Waals surface area contributed by atoms with Crippen LogP contribution in [0.2, 0.25) is 0 Å². The van der Waals surface area contributed by atoms with Crippen molar-refractivity contribution >= 4 is 28.6 Å². The quantitative estimate of drug-likeness (QED) is 0.272. The third kappa shape index (κ3) is 5.80. The SMILES string of the molecule is Cc1cccnc1-n1c(SCC(=O)NC(C)c2ccc(CC(C)C)cc2)nc2ccccc2c1=O. The van der Waals surface area contributed by atoms with Gasteiger partial charge in [0, 0.05) is 6.20 Å². The maximum absolute atomic E-state index is 13.4. The third-order valence-electron chi connectivity index (χ3n) is 5.77. The van der Waals surface area contributed by atoms with E-state index in [1.165, 1.54) is 21.9 Å². The number of para-hydroxylation sites is 1. The normalized spacial score (nSPS) is 12.1. The van der Waals surface area contributed by atoms with E-state index in [4.69, 9.17) is 4.98 Å². The fourth-order valence-electron chi connectivity index (χ4n) is 4.02. The Morgan fingerprint density at radius 2 is 1.77 bits per heavy atom. The Kier molecular flexibility index (Phi) is 7.66. The van der Waals surface area contributed by atoms with Crippen molar-refractivity contribution in [3.63, 3.8) is 0 Å². The number of nitrogens with one attached hydrogen (secondary N) is 1. The van der Waals surface area contributed by atoms with Crippen molar-refractivity contribution in [3.8, 4) is 5.82 Å². The summed E-state index contributed by atoms with van der Waals surface area (Å²) in [5, 5.41) is 4.01. The van der Waals surface area contributed by atoms with Gasteiger partial charge in [0.1, 0.15) is 5.82 Å². The smallest absolute Gasteiger partial charge is 0.267 e. The summed E-state index contributed by atoms with van der Waals surface area (Å²) in [6, 6.07) is 19.2. The molecule has 4 rings (SSSR count). The molecule has 0 saturated heterocycles. The van der Waals surface area contributed by atoms with Crippen molar-refractivity contribution in [2.24, 2.45) is 5.92 Å². The minimum atomic E-state index is -0.199. The molecule has 7 heteroatoms. The molecule has 2 heterocycles. The second-order valence-electron chi connectivity index (χ2n) is 9.11. The lowest BCUT2D eigenvalue weighted by atomic mass is 10.00. The molecular weight excluding hydrogens is 456 g/mol. The Hall–Kier alpha value is -3.45. The second kappa shape index (κ2) is 10.9. The average Bonchev–Trinajstić information content (AvgIpc) is 2.83. The number of fused-ring (bicyclic) bond motifs is 1. The number of carbonyl (C=O) groups is 1. The van der Waals surface area contributed by atoms with Crippen molar-refractivity contribution < 1.29 is 4.79 Å². The third-order valence-corrected chi connectivity index (χ3v) is 6.71. The highest BCUT2D eigenvalue weighted by atomic mass is 32.2. The number of aromatic nitrogens is 3. The molecule has 0 aliphatic carbocycles. The van der Waals surface area contributed by atoms with E-state index in [1.807, 2.05) is 44.2 Å². The standard InChI is InChI=1S/C28H30N4O2S/c1-18(2)16-21-11-13-22(14-12-21)20(4)30-25(33)17-35-28-31-24-10-6-5-9-23(24)27(34)32(28)26-19(3)8-7-15-29-26/h5-15,18,20H,16-17H2,1-4H3,(H,30,33). The number of hydrogen-bond donors (Lipinski definition) is 1. The Morgan fingerprint density at radius 3 is 2.49 bits per heavy atom. The lowest BCUT2D eigenvalue weighted by Crippen LogP contribution is -2.29. The van der Waals surface area contributed by atoms with Gasteiger partial charge in [0.15, 0.2) is 5.16 Å². The van der Waals surface area contributed by atoms with Crippen LogP contribution in [0.15, 0.2) is 76.8 Å². The van der Waals surface area contributed by atoms with Crippen LogP contribution in [-0.2, 0) is 11.2 Å². The topological polar surface area (TPSA) is 76.9 Å². The molecule has 2 aromatic heterocycles.